The van der Waals surface area contributed by atoms with Crippen LogP contribution in [0.2, 0.25) is 5.02 Å². The molecule has 148 valence electrons. The van der Waals surface area contributed by atoms with E-state index in [0.29, 0.717) is 13.2 Å². The molecule has 0 bridgehead atoms. The first-order chi connectivity index (χ1) is 14.2. The van der Waals surface area contributed by atoms with Crippen molar-refractivity contribution in [1.29, 1.82) is 0 Å². The van der Waals surface area contributed by atoms with E-state index in [2.05, 4.69) is 72.0 Å². The minimum Gasteiger partial charge on any atom is -0.489 e. The first kappa shape index (κ1) is 19.6. The van der Waals surface area contributed by atoms with E-state index in [0.717, 1.165) is 34.9 Å². The van der Waals surface area contributed by atoms with E-state index >= 15 is 0 Å². The van der Waals surface area contributed by atoms with Crippen LogP contribution in [0.3, 0.4) is 0 Å². The van der Waals surface area contributed by atoms with Crippen molar-refractivity contribution in [3.63, 3.8) is 0 Å². The van der Waals surface area contributed by atoms with Crippen LogP contribution in [0, 0.1) is 6.92 Å². The van der Waals surface area contributed by atoms with Crippen molar-refractivity contribution in [2.75, 3.05) is 6.54 Å². The SMILES string of the molecule is Cc1ccc(COc2ccc(Cl)cc2CNCCc2c[nH]c3ccccc23)cc1. The summed E-state index contributed by atoms with van der Waals surface area (Å²) < 4.78 is 6.08. The average molecular weight is 405 g/mol. The van der Waals surface area contributed by atoms with Crippen LogP contribution in [0.4, 0.5) is 0 Å². The molecule has 0 amide bonds. The third-order valence-electron chi connectivity index (χ3n) is 5.10. The molecular formula is C25H25ClN2O. The summed E-state index contributed by atoms with van der Waals surface area (Å²) >= 11 is 6.22. The smallest absolute Gasteiger partial charge is 0.124 e. The number of fused-ring (bicyclic) bond motifs is 1. The highest BCUT2D eigenvalue weighted by Gasteiger charge is 2.07. The van der Waals surface area contributed by atoms with Gasteiger partial charge in [-0.1, -0.05) is 59.6 Å². The molecule has 0 unspecified atom stereocenters. The van der Waals surface area contributed by atoms with Crippen molar-refractivity contribution in [2.24, 2.45) is 0 Å². The Morgan fingerprint density at radius 1 is 0.966 bits per heavy atom. The van der Waals surface area contributed by atoms with Crippen molar-refractivity contribution in [3.05, 3.63) is 100 Å². The number of aryl methyl sites for hydroxylation is 1. The topological polar surface area (TPSA) is 37.0 Å². The third-order valence-corrected chi connectivity index (χ3v) is 5.33. The molecule has 0 aliphatic carbocycles. The molecular weight excluding hydrogens is 380 g/mol. The van der Waals surface area contributed by atoms with Gasteiger partial charge in [-0.05, 0) is 55.3 Å². The number of hydrogen-bond acceptors (Lipinski definition) is 2. The van der Waals surface area contributed by atoms with Crippen LogP contribution in [0.1, 0.15) is 22.3 Å². The minimum atomic E-state index is 0.546. The van der Waals surface area contributed by atoms with E-state index in [4.69, 9.17) is 16.3 Å². The molecule has 4 heteroatoms. The fourth-order valence-corrected chi connectivity index (χ4v) is 3.65. The molecule has 3 nitrogen and oxygen atoms in total. The number of benzene rings is 3. The first-order valence-corrected chi connectivity index (χ1v) is 10.3. The maximum absolute atomic E-state index is 6.22. The van der Waals surface area contributed by atoms with E-state index in [1.807, 2.05) is 18.2 Å². The van der Waals surface area contributed by atoms with Gasteiger partial charge in [-0.15, -0.1) is 0 Å². The Kier molecular flexibility index (Phi) is 6.18. The molecule has 1 heterocycles. The lowest BCUT2D eigenvalue weighted by Gasteiger charge is -2.13. The molecule has 0 saturated carbocycles. The van der Waals surface area contributed by atoms with Gasteiger partial charge >= 0.3 is 0 Å². The Hall–Kier alpha value is -2.75. The Morgan fingerprint density at radius 2 is 1.79 bits per heavy atom. The highest BCUT2D eigenvalue weighted by atomic mass is 35.5. The first-order valence-electron chi connectivity index (χ1n) is 9.91. The molecule has 2 N–H and O–H groups in total. The zero-order valence-corrected chi connectivity index (χ0v) is 17.3. The molecule has 0 spiro atoms. The zero-order chi connectivity index (χ0) is 20.1. The number of hydrogen-bond donors (Lipinski definition) is 2. The summed E-state index contributed by atoms with van der Waals surface area (Å²) in [5.41, 5.74) is 5.99. The van der Waals surface area contributed by atoms with Crippen LogP contribution in [0.15, 0.2) is 72.9 Å². The molecule has 0 radical (unpaired) electrons. The molecule has 1 aromatic heterocycles. The van der Waals surface area contributed by atoms with Crippen molar-refractivity contribution in [2.45, 2.75) is 26.5 Å². The summed E-state index contributed by atoms with van der Waals surface area (Å²) in [5.74, 6) is 0.870. The van der Waals surface area contributed by atoms with Gasteiger partial charge < -0.3 is 15.0 Å². The van der Waals surface area contributed by atoms with Crippen LogP contribution in [0.25, 0.3) is 10.9 Å². The second kappa shape index (κ2) is 9.17. The van der Waals surface area contributed by atoms with Crippen molar-refractivity contribution < 1.29 is 4.74 Å². The van der Waals surface area contributed by atoms with Gasteiger partial charge in [0.1, 0.15) is 12.4 Å². The summed E-state index contributed by atoms with van der Waals surface area (Å²) in [6, 6.07) is 22.6. The second-order valence-electron chi connectivity index (χ2n) is 7.31. The highest BCUT2D eigenvalue weighted by Crippen LogP contribution is 2.24. The van der Waals surface area contributed by atoms with E-state index in [1.165, 1.54) is 22.0 Å². The standard InChI is InChI=1S/C25H25ClN2O/c1-18-6-8-19(9-7-18)17-29-25-11-10-22(26)14-21(25)15-27-13-12-20-16-28-24-5-3-2-4-23(20)24/h2-11,14,16,27-28H,12-13,15,17H2,1H3. The Morgan fingerprint density at radius 3 is 2.66 bits per heavy atom. The van der Waals surface area contributed by atoms with Gasteiger partial charge in [0.05, 0.1) is 0 Å². The number of halogens is 1. The molecule has 0 atom stereocenters. The van der Waals surface area contributed by atoms with Crippen LogP contribution < -0.4 is 10.1 Å². The fraction of sp³-hybridized carbons (Fsp3) is 0.200. The van der Waals surface area contributed by atoms with Gasteiger partial charge in [0.15, 0.2) is 0 Å². The summed E-state index contributed by atoms with van der Waals surface area (Å²) in [6.45, 7) is 4.23. The van der Waals surface area contributed by atoms with Crippen molar-refractivity contribution in [3.8, 4) is 5.75 Å². The largest absolute Gasteiger partial charge is 0.489 e. The lowest BCUT2D eigenvalue weighted by molar-refractivity contribution is 0.302. The quantitative estimate of drug-likeness (QED) is 0.351. The number of aromatic nitrogens is 1. The number of H-pyrrole nitrogens is 1. The maximum atomic E-state index is 6.22. The van der Waals surface area contributed by atoms with E-state index < -0.39 is 0 Å². The molecule has 4 aromatic rings. The van der Waals surface area contributed by atoms with Crippen LogP contribution in [0.5, 0.6) is 5.75 Å². The molecule has 3 aromatic carbocycles. The lowest BCUT2D eigenvalue weighted by Crippen LogP contribution is -2.17. The Labute approximate surface area is 176 Å². The second-order valence-corrected chi connectivity index (χ2v) is 7.75. The summed E-state index contributed by atoms with van der Waals surface area (Å²) in [6.07, 6.45) is 3.06. The number of para-hydroxylation sites is 1. The van der Waals surface area contributed by atoms with Gasteiger partial charge in [-0.2, -0.15) is 0 Å². The fourth-order valence-electron chi connectivity index (χ4n) is 3.46. The number of nitrogens with one attached hydrogen (secondary N) is 2. The highest BCUT2D eigenvalue weighted by molar-refractivity contribution is 6.30. The predicted octanol–water partition coefficient (Wildman–Crippen LogP) is 6.04. The molecule has 0 aliphatic heterocycles. The normalized spacial score (nSPS) is 11.1. The van der Waals surface area contributed by atoms with Gasteiger partial charge in [0.25, 0.3) is 0 Å². The molecule has 0 saturated heterocycles. The van der Waals surface area contributed by atoms with E-state index in [1.54, 1.807) is 0 Å². The average Bonchev–Trinajstić information content (AvgIpc) is 3.15. The Bertz CT molecular complexity index is 1090. The zero-order valence-electron chi connectivity index (χ0n) is 16.5. The number of rotatable bonds is 8. The third kappa shape index (κ3) is 5.00. The van der Waals surface area contributed by atoms with Gasteiger partial charge in [-0.3, -0.25) is 0 Å². The van der Waals surface area contributed by atoms with E-state index in [9.17, 15) is 0 Å². The van der Waals surface area contributed by atoms with Gasteiger partial charge in [0, 0.05) is 34.2 Å². The van der Waals surface area contributed by atoms with Crippen LogP contribution in [-0.4, -0.2) is 11.5 Å². The molecule has 0 fully saturated rings. The van der Waals surface area contributed by atoms with Crippen LogP contribution in [-0.2, 0) is 19.6 Å². The van der Waals surface area contributed by atoms with Crippen molar-refractivity contribution >= 4 is 22.5 Å². The van der Waals surface area contributed by atoms with E-state index in [-0.39, 0.29) is 0 Å². The predicted molar refractivity (Wildman–Crippen MR) is 121 cm³/mol. The summed E-state index contributed by atoms with van der Waals surface area (Å²) in [7, 11) is 0. The Balaban J connectivity index is 1.35. The maximum Gasteiger partial charge on any atom is 0.124 e. The molecule has 0 aliphatic rings. The summed E-state index contributed by atoms with van der Waals surface area (Å²) in [4.78, 5) is 3.33. The van der Waals surface area contributed by atoms with Crippen molar-refractivity contribution in [1.82, 2.24) is 10.3 Å². The van der Waals surface area contributed by atoms with Gasteiger partial charge in [-0.25, -0.2) is 0 Å². The number of aromatic amines is 1. The summed E-state index contributed by atoms with van der Waals surface area (Å²) in [5, 5.41) is 5.54. The van der Waals surface area contributed by atoms with Gasteiger partial charge in [0.2, 0.25) is 0 Å². The minimum absolute atomic E-state index is 0.546. The number of ether oxygens (including phenoxy) is 1. The van der Waals surface area contributed by atoms with Crippen LogP contribution >= 0.6 is 11.6 Å². The monoisotopic (exact) mass is 404 g/mol. The lowest BCUT2D eigenvalue weighted by atomic mass is 10.1. The molecule has 29 heavy (non-hydrogen) atoms. The molecule has 4 rings (SSSR count).